The lowest BCUT2D eigenvalue weighted by Crippen LogP contribution is -2.61. The van der Waals surface area contributed by atoms with Crippen molar-refractivity contribution in [2.24, 2.45) is 0 Å². The van der Waals surface area contributed by atoms with Crippen molar-refractivity contribution in [2.75, 3.05) is 13.2 Å². The normalized spacial score (nSPS) is 19.0. The van der Waals surface area contributed by atoms with Crippen molar-refractivity contribution in [2.45, 2.75) is 359 Å². The van der Waals surface area contributed by atoms with E-state index in [1.165, 1.54) is 193 Å². The number of rotatable bonds is 58. The van der Waals surface area contributed by atoms with Crippen LogP contribution in [0.25, 0.3) is 0 Å². The molecule has 1 aliphatic rings. The van der Waals surface area contributed by atoms with Crippen molar-refractivity contribution >= 4 is 11.9 Å². The van der Waals surface area contributed by atoms with Crippen molar-refractivity contribution in [1.29, 1.82) is 0 Å². The van der Waals surface area contributed by atoms with E-state index in [1.54, 1.807) is 6.08 Å². The summed E-state index contributed by atoms with van der Waals surface area (Å²) in [6.07, 6.45) is 62.8. The van der Waals surface area contributed by atoms with Crippen LogP contribution in [0.3, 0.4) is 0 Å². The fraction of sp³-hybridized carbons (Fsp3) is 0.829. The first-order chi connectivity index (χ1) is 39.7. The van der Waals surface area contributed by atoms with Crippen LogP contribution in [0.15, 0.2) is 60.8 Å². The third-order valence-electron chi connectivity index (χ3n) is 16.0. The molecular weight excluding hydrogens is 1010 g/mol. The van der Waals surface area contributed by atoms with Crippen LogP contribution in [-0.4, -0.2) is 99.6 Å². The highest BCUT2D eigenvalue weighted by molar-refractivity contribution is 5.80. The molecule has 1 aliphatic heterocycles. The molecule has 1 amide bonds. The largest absolute Gasteiger partial charge is 0.454 e. The predicted molar refractivity (Wildman–Crippen MR) is 338 cm³/mol. The van der Waals surface area contributed by atoms with Crippen LogP contribution in [0.4, 0.5) is 0 Å². The fourth-order valence-electron chi connectivity index (χ4n) is 10.6. The van der Waals surface area contributed by atoms with Gasteiger partial charge in [-0.25, -0.2) is 0 Å². The van der Waals surface area contributed by atoms with Gasteiger partial charge in [-0.15, -0.1) is 0 Å². The minimum Gasteiger partial charge on any atom is -0.454 e. The predicted octanol–water partition coefficient (Wildman–Crippen LogP) is 17.0. The molecule has 8 unspecified atom stereocenters. The third-order valence-corrected chi connectivity index (χ3v) is 16.0. The number of amides is 1. The van der Waals surface area contributed by atoms with Crippen molar-refractivity contribution in [3.63, 3.8) is 0 Å². The molecule has 6 N–H and O–H groups in total. The number of allylic oxidation sites excluding steroid dienone is 9. The van der Waals surface area contributed by atoms with Crippen molar-refractivity contribution in [1.82, 2.24) is 5.32 Å². The van der Waals surface area contributed by atoms with Gasteiger partial charge in [-0.1, -0.05) is 293 Å². The van der Waals surface area contributed by atoms with E-state index in [0.717, 1.165) is 70.6 Å². The zero-order valence-electron chi connectivity index (χ0n) is 52.4. The van der Waals surface area contributed by atoms with E-state index in [1.807, 2.05) is 30.4 Å². The summed E-state index contributed by atoms with van der Waals surface area (Å²) >= 11 is 0. The molecule has 8 atom stereocenters. The van der Waals surface area contributed by atoms with Crippen molar-refractivity contribution < 1.29 is 49.3 Å². The number of ether oxygens (including phenoxy) is 3. The van der Waals surface area contributed by atoms with Gasteiger partial charge in [0, 0.05) is 6.42 Å². The van der Waals surface area contributed by atoms with Gasteiger partial charge in [-0.2, -0.15) is 0 Å². The molecule has 0 radical (unpaired) electrons. The van der Waals surface area contributed by atoms with E-state index < -0.39 is 67.4 Å². The molecule has 11 nitrogen and oxygen atoms in total. The first-order valence-electron chi connectivity index (χ1n) is 34.1. The second kappa shape index (κ2) is 57.8. The lowest BCUT2D eigenvalue weighted by Gasteiger charge is -2.41. The van der Waals surface area contributed by atoms with E-state index in [4.69, 9.17) is 14.2 Å². The number of nitrogens with one attached hydrogen (secondary N) is 1. The van der Waals surface area contributed by atoms with Crippen LogP contribution < -0.4 is 5.32 Å². The van der Waals surface area contributed by atoms with Gasteiger partial charge >= 0.3 is 5.97 Å². The van der Waals surface area contributed by atoms with Gasteiger partial charge in [0.15, 0.2) is 12.4 Å². The standard InChI is InChI=1S/C70H127NO10/c1-4-7-10-13-16-19-22-25-26-27-28-29-30-31-32-33-34-35-36-37-38-40-43-46-49-52-55-58-65(75)81-68-67(77)66(76)64(59-72)80-70(68)79-60-61(62(73)56-53-50-47-44-42-39-23-20-17-14-11-8-5-2)71-69(78)63(74)57-54-51-48-45-41-24-21-18-15-12-9-6-3/h9,12,15,18,21,24-26,53,56,61-64,66-68,70,72-74,76-77H,4-8,10-11,13-14,16-17,19-20,22-23,27-52,54-55,57-60H2,1-3H3,(H,71,78)/b12-9+,18-15+,24-21-,26-25+,56-53+. The Bertz CT molecular complexity index is 1550. The monoisotopic (exact) mass is 1140 g/mol. The zero-order valence-corrected chi connectivity index (χ0v) is 52.4. The molecular formula is C70H127NO10. The van der Waals surface area contributed by atoms with Gasteiger partial charge in [0.2, 0.25) is 5.91 Å². The molecule has 81 heavy (non-hydrogen) atoms. The van der Waals surface area contributed by atoms with Gasteiger partial charge in [0.1, 0.15) is 24.4 Å². The SMILES string of the molecule is CC/C=C/C=C/C=C\CCCCCCC(O)C(=O)NC(COC1OC(CO)C(O)C(O)C1OC(=O)CCCCCCCCCCCCCCCCCCC/C=C/CCCCCCCC)C(O)/C=C/CCCCCCCCCCCCC. The summed E-state index contributed by atoms with van der Waals surface area (Å²) in [5.41, 5.74) is 0. The fourth-order valence-corrected chi connectivity index (χ4v) is 10.6. The molecule has 0 saturated carbocycles. The topological polar surface area (TPSA) is 175 Å². The molecule has 472 valence electrons. The first kappa shape index (κ1) is 76.4. The lowest BCUT2D eigenvalue weighted by atomic mass is 9.99. The molecule has 0 aliphatic carbocycles. The van der Waals surface area contributed by atoms with Crippen LogP contribution in [0, 0.1) is 0 Å². The van der Waals surface area contributed by atoms with Crippen LogP contribution in [0.1, 0.15) is 310 Å². The van der Waals surface area contributed by atoms with Crippen LogP contribution in [-0.2, 0) is 23.8 Å². The highest BCUT2D eigenvalue weighted by Crippen LogP contribution is 2.26. The van der Waals surface area contributed by atoms with Crippen LogP contribution in [0.2, 0.25) is 0 Å². The number of esters is 1. The highest BCUT2D eigenvalue weighted by Gasteiger charge is 2.47. The Balaban J connectivity index is 2.53. The molecule has 0 bridgehead atoms. The molecule has 0 aromatic heterocycles. The van der Waals surface area contributed by atoms with E-state index in [-0.39, 0.29) is 19.4 Å². The smallest absolute Gasteiger partial charge is 0.306 e. The van der Waals surface area contributed by atoms with Crippen molar-refractivity contribution in [3.05, 3.63) is 60.8 Å². The summed E-state index contributed by atoms with van der Waals surface area (Å²) in [7, 11) is 0. The number of hydrogen-bond donors (Lipinski definition) is 6. The summed E-state index contributed by atoms with van der Waals surface area (Å²) in [6.45, 7) is 5.66. The van der Waals surface area contributed by atoms with Crippen molar-refractivity contribution in [3.8, 4) is 0 Å². The molecule has 11 heteroatoms. The summed E-state index contributed by atoms with van der Waals surface area (Å²) in [5, 5.41) is 57.0. The molecule has 0 aromatic rings. The second-order valence-electron chi connectivity index (χ2n) is 23.6. The molecule has 1 fully saturated rings. The average molecular weight is 1140 g/mol. The Morgan fingerprint density at radius 2 is 0.901 bits per heavy atom. The summed E-state index contributed by atoms with van der Waals surface area (Å²) < 4.78 is 17.7. The number of hydrogen-bond acceptors (Lipinski definition) is 10. The number of carbonyl (C=O) groups is 2. The van der Waals surface area contributed by atoms with E-state index >= 15 is 0 Å². The Labute approximate surface area is 497 Å². The zero-order chi connectivity index (χ0) is 58.9. The summed E-state index contributed by atoms with van der Waals surface area (Å²) in [4.78, 5) is 26.6. The molecule has 0 aromatic carbocycles. The quantitative estimate of drug-likeness (QED) is 0.0149. The maximum atomic E-state index is 13.4. The first-order valence-corrected chi connectivity index (χ1v) is 34.1. The Hall–Kier alpha value is -2.64. The summed E-state index contributed by atoms with van der Waals surface area (Å²) in [5.74, 6) is -1.21. The molecule has 1 saturated heterocycles. The Morgan fingerprint density at radius 1 is 0.494 bits per heavy atom. The maximum Gasteiger partial charge on any atom is 0.306 e. The summed E-state index contributed by atoms with van der Waals surface area (Å²) in [6, 6.07) is -1.03. The van der Waals surface area contributed by atoms with E-state index in [2.05, 4.69) is 50.4 Å². The highest BCUT2D eigenvalue weighted by atomic mass is 16.7. The lowest BCUT2D eigenvalue weighted by molar-refractivity contribution is -0.305. The van der Waals surface area contributed by atoms with Gasteiger partial charge in [-0.05, 0) is 70.6 Å². The van der Waals surface area contributed by atoms with Gasteiger partial charge in [0.25, 0.3) is 0 Å². The average Bonchev–Trinajstić information content (AvgIpc) is 3.50. The number of unbranched alkanes of at least 4 members (excludes halogenated alkanes) is 38. The Kier molecular flexibility index (Phi) is 54.5. The van der Waals surface area contributed by atoms with Crippen LogP contribution >= 0.6 is 0 Å². The van der Waals surface area contributed by atoms with Crippen LogP contribution in [0.5, 0.6) is 0 Å². The number of carbonyl (C=O) groups excluding carboxylic acids is 2. The van der Waals surface area contributed by atoms with Gasteiger partial charge in [-0.3, -0.25) is 9.59 Å². The minimum absolute atomic E-state index is 0.123. The van der Waals surface area contributed by atoms with E-state index in [9.17, 15) is 35.1 Å². The maximum absolute atomic E-state index is 13.4. The second-order valence-corrected chi connectivity index (χ2v) is 23.6. The molecule has 0 spiro atoms. The molecule has 1 rings (SSSR count). The minimum atomic E-state index is -1.62. The third kappa shape index (κ3) is 45.4. The number of aliphatic hydroxyl groups is 5. The van der Waals surface area contributed by atoms with E-state index in [0.29, 0.717) is 12.8 Å². The molecule has 1 heterocycles. The Morgan fingerprint density at radius 3 is 1.36 bits per heavy atom. The van der Waals surface area contributed by atoms with Gasteiger partial charge < -0.3 is 45.1 Å². The van der Waals surface area contributed by atoms with Gasteiger partial charge in [0.05, 0.1) is 25.4 Å². The number of aliphatic hydroxyl groups excluding tert-OH is 5.